The van der Waals surface area contributed by atoms with E-state index in [0.717, 1.165) is 23.5 Å². The van der Waals surface area contributed by atoms with Crippen molar-refractivity contribution in [1.29, 1.82) is 0 Å². The first-order valence-electron chi connectivity index (χ1n) is 12.6. The molecular formula is C30H38N2O2S. The Hall–Kier alpha value is -2.79. The number of pyridine rings is 1. The van der Waals surface area contributed by atoms with Crippen LogP contribution in [-0.4, -0.2) is 21.3 Å². The molecule has 3 rings (SSSR count). The lowest BCUT2D eigenvalue weighted by Gasteiger charge is -2.20. The Balaban J connectivity index is 1.67. The van der Waals surface area contributed by atoms with Gasteiger partial charge in [-0.05, 0) is 66.5 Å². The molecule has 0 saturated heterocycles. The third kappa shape index (κ3) is 7.35. The van der Waals surface area contributed by atoms with Gasteiger partial charge in [-0.1, -0.05) is 70.2 Å². The summed E-state index contributed by atoms with van der Waals surface area (Å²) in [7, 11) is 0. The molecule has 1 atom stereocenters. The number of aromatic nitrogens is 1. The van der Waals surface area contributed by atoms with Gasteiger partial charge in [-0.15, -0.1) is 11.8 Å². The first-order valence-corrected chi connectivity index (χ1v) is 13.6. The number of thioether (sulfide) groups is 1. The summed E-state index contributed by atoms with van der Waals surface area (Å²) in [5.74, 6) is 0.875. The van der Waals surface area contributed by atoms with Crippen molar-refractivity contribution >= 4 is 23.4 Å². The van der Waals surface area contributed by atoms with Gasteiger partial charge < -0.3 is 10.4 Å². The molecule has 0 saturated carbocycles. The number of hydrogen-bond donors (Lipinski definition) is 2. The Morgan fingerprint density at radius 3 is 2.34 bits per heavy atom. The van der Waals surface area contributed by atoms with E-state index in [-0.39, 0.29) is 0 Å². The van der Waals surface area contributed by atoms with E-state index in [0.29, 0.717) is 17.6 Å². The van der Waals surface area contributed by atoms with Gasteiger partial charge >= 0.3 is 5.97 Å². The minimum absolute atomic E-state index is 0.445. The van der Waals surface area contributed by atoms with Crippen molar-refractivity contribution in [2.45, 2.75) is 76.8 Å². The molecule has 0 radical (unpaired) electrons. The highest BCUT2D eigenvalue weighted by Gasteiger charge is 2.13. The number of aliphatic carboxylic acids is 1. The van der Waals surface area contributed by atoms with Crippen LogP contribution in [0.4, 0.5) is 5.69 Å². The summed E-state index contributed by atoms with van der Waals surface area (Å²) < 4.78 is 0. The Labute approximate surface area is 214 Å². The van der Waals surface area contributed by atoms with Gasteiger partial charge in [-0.2, -0.15) is 0 Å². The van der Waals surface area contributed by atoms with Gasteiger partial charge in [-0.25, -0.2) is 0 Å². The zero-order valence-electron chi connectivity index (χ0n) is 21.5. The van der Waals surface area contributed by atoms with E-state index in [4.69, 9.17) is 10.1 Å². The second-order valence-corrected chi connectivity index (χ2v) is 10.7. The van der Waals surface area contributed by atoms with E-state index in [9.17, 15) is 4.79 Å². The van der Waals surface area contributed by atoms with Gasteiger partial charge in [-0.3, -0.25) is 9.78 Å². The molecule has 5 heteroatoms. The fourth-order valence-corrected chi connectivity index (χ4v) is 4.95. The van der Waals surface area contributed by atoms with Crippen molar-refractivity contribution < 1.29 is 9.90 Å². The van der Waals surface area contributed by atoms with Crippen LogP contribution in [0, 0.1) is 0 Å². The molecule has 4 nitrogen and oxygen atoms in total. The maximum atomic E-state index is 11.1. The zero-order valence-corrected chi connectivity index (χ0v) is 22.4. The van der Waals surface area contributed by atoms with Gasteiger partial charge in [0.25, 0.3) is 0 Å². The normalized spacial score (nSPS) is 12.2. The number of benzene rings is 2. The van der Waals surface area contributed by atoms with E-state index in [1.807, 2.05) is 18.2 Å². The fraction of sp³-hybridized carbons (Fsp3) is 0.400. The molecule has 0 amide bonds. The summed E-state index contributed by atoms with van der Waals surface area (Å²) in [6.07, 6.45) is 2.34. The van der Waals surface area contributed by atoms with E-state index in [1.165, 1.54) is 47.0 Å². The summed E-state index contributed by atoms with van der Waals surface area (Å²) in [5, 5.41) is 12.3. The van der Waals surface area contributed by atoms with Crippen molar-refractivity contribution in [2.24, 2.45) is 0 Å². The lowest BCUT2D eigenvalue weighted by atomic mass is 9.89. The van der Waals surface area contributed by atoms with Crippen LogP contribution in [0.25, 0.3) is 11.3 Å². The molecule has 0 bridgehead atoms. The predicted molar refractivity (Wildman–Crippen MR) is 149 cm³/mol. The highest BCUT2D eigenvalue weighted by atomic mass is 32.2. The lowest BCUT2D eigenvalue weighted by Crippen LogP contribution is -2.11. The fourth-order valence-electron chi connectivity index (χ4n) is 4.23. The molecule has 0 aliphatic rings. The zero-order chi connectivity index (χ0) is 25.4. The smallest absolute Gasteiger partial charge is 0.316 e. The minimum Gasteiger partial charge on any atom is -0.480 e. The molecule has 0 spiro atoms. The predicted octanol–water partition coefficient (Wildman–Crippen LogP) is 8.09. The van der Waals surface area contributed by atoms with E-state index >= 15 is 0 Å². The summed E-state index contributed by atoms with van der Waals surface area (Å²) in [6, 6.07) is 21.4. The highest BCUT2D eigenvalue weighted by Crippen LogP contribution is 2.31. The van der Waals surface area contributed by atoms with Crippen LogP contribution in [0.15, 0.2) is 60.7 Å². The number of nitrogens with zero attached hydrogens (tertiary/aromatic N) is 1. The summed E-state index contributed by atoms with van der Waals surface area (Å²) in [5.41, 5.74) is 8.11. The van der Waals surface area contributed by atoms with Crippen molar-refractivity contribution in [3.8, 4) is 11.3 Å². The Morgan fingerprint density at radius 2 is 1.71 bits per heavy atom. The maximum absolute atomic E-state index is 11.1. The van der Waals surface area contributed by atoms with Crippen LogP contribution in [0.5, 0.6) is 0 Å². The van der Waals surface area contributed by atoms with Crippen LogP contribution in [0.3, 0.4) is 0 Å². The molecule has 0 aliphatic heterocycles. The van der Waals surface area contributed by atoms with E-state index < -0.39 is 11.2 Å². The molecule has 186 valence electrons. The molecule has 35 heavy (non-hydrogen) atoms. The number of nitrogens with one attached hydrogen (secondary N) is 1. The van der Waals surface area contributed by atoms with Gasteiger partial charge in [0.1, 0.15) is 0 Å². The molecule has 1 heterocycles. The van der Waals surface area contributed by atoms with E-state index in [1.54, 1.807) is 6.92 Å². The first-order chi connectivity index (χ1) is 16.8. The second kappa shape index (κ2) is 12.8. The average Bonchev–Trinajstić information content (AvgIpc) is 2.87. The van der Waals surface area contributed by atoms with Crippen molar-refractivity contribution in [3.05, 3.63) is 83.0 Å². The summed E-state index contributed by atoms with van der Waals surface area (Å²) >= 11 is 1.39. The number of carboxylic acids is 1. The average molecular weight is 491 g/mol. The Morgan fingerprint density at radius 1 is 1.00 bits per heavy atom. The monoisotopic (exact) mass is 490 g/mol. The van der Waals surface area contributed by atoms with Gasteiger partial charge in [0.05, 0.1) is 16.6 Å². The summed E-state index contributed by atoms with van der Waals surface area (Å²) in [6.45, 7) is 11.5. The Kier molecular flexibility index (Phi) is 9.79. The van der Waals surface area contributed by atoms with Crippen molar-refractivity contribution in [3.63, 3.8) is 0 Å². The lowest BCUT2D eigenvalue weighted by molar-refractivity contribution is -0.136. The van der Waals surface area contributed by atoms with Crippen LogP contribution >= 0.6 is 11.8 Å². The van der Waals surface area contributed by atoms with Crippen molar-refractivity contribution in [2.75, 3.05) is 5.32 Å². The topological polar surface area (TPSA) is 62.2 Å². The quantitative estimate of drug-likeness (QED) is 0.269. The van der Waals surface area contributed by atoms with Crippen LogP contribution in [0.1, 0.15) is 81.7 Å². The van der Waals surface area contributed by atoms with Gasteiger partial charge in [0.2, 0.25) is 0 Å². The molecular weight excluding hydrogens is 452 g/mol. The number of hydrogen-bond acceptors (Lipinski definition) is 4. The molecule has 2 N–H and O–H groups in total. The van der Waals surface area contributed by atoms with Gasteiger partial charge in [0, 0.05) is 23.5 Å². The molecule has 0 fully saturated rings. The molecule has 1 aromatic heterocycles. The number of carbonyl (C=O) groups is 1. The Bertz CT molecular complexity index is 1110. The number of carboxylic acid groups (broad SMARTS) is 1. The standard InChI is InChI=1S/C30H38N2O2S/c1-6-23(7-2)25-15-16-29(27(17-25)20(3)4)31-18-22-11-13-24(14-12-22)28-10-8-9-26(32-28)19-35-21(5)30(33)34/h8-17,20-21,23,31H,6-7,18-19H2,1-5H3,(H,33,34). The number of rotatable bonds is 12. The van der Waals surface area contributed by atoms with Crippen LogP contribution < -0.4 is 5.32 Å². The van der Waals surface area contributed by atoms with E-state index in [2.05, 4.69) is 75.5 Å². The third-order valence-corrected chi connectivity index (χ3v) is 7.69. The number of anilines is 1. The molecule has 3 aromatic rings. The molecule has 0 aliphatic carbocycles. The maximum Gasteiger partial charge on any atom is 0.316 e. The second-order valence-electron chi connectivity index (χ2n) is 9.37. The largest absolute Gasteiger partial charge is 0.480 e. The molecule has 1 unspecified atom stereocenters. The van der Waals surface area contributed by atoms with Crippen LogP contribution in [0.2, 0.25) is 0 Å². The van der Waals surface area contributed by atoms with Crippen LogP contribution in [-0.2, 0) is 17.1 Å². The molecule has 2 aromatic carbocycles. The van der Waals surface area contributed by atoms with Gasteiger partial charge in [0.15, 0.2) is 0 Å². The first kappa shape index (κ1) is 26.8. The van der Waals surface area contributed by atoms with Crippen molar-refractivity contribution in [1.82, 2.24) is 4.98 Å². The SMILES string of the molecule is CCC(CC)c1ccc(NCc2ccc(-c3cccc(CSC(C)C(=O)O)n3)cc2)c(C(C)C)c1. The highest BCUT2D eigenvalue weighted by molar-refractivity contribution is 7.99. The minimum atomic E-state index is -0.794. The third-order valence-electron chi connectivity index (χ3n) is 6.52. The summed E-state index contributed by atoms with van der Waals surface area (Å²) in [4.78, 5) is 15.8.